The summed E-state index contributed by atoms with van der Waals surface area (Å²) >= 11 is 2.20. The van der Waals surface area contributed by atoms with Crippen LogP contribution in [0.15, 0.2) is 53.5 Å². The van der Waals surface area contributed by atoms with Gasteiger partial charge in [-0.25, -0.2) is 0 Å². The van der Waals surface area contributed by atoms with Crippen molar-refractivity contribution in [3.05, 3.63) is 63.2 Å². The Morgan fingerprint density at radius 2 is 1.80 bits per heavy atom. The molecule has 0 aliphatic rings. The number of hydrogen-bond donors (Lipinski definition) is 0. The van der Waals surface area contributed by atoms with Gasteiger partial charge in [-0.1, -0.05) is 12.1 Å². The molecule has 0 saturated carbocycles. The van der Waals surface area contributed by atoms with Crippen LogP contribution in [0.1, 0.15) is 22.3 Å². The summed E-state index contributed by atoms with van der Waals surface area (Å²) in [4.78, 5) is 16.1. The predicted octanol–water partition coefficient (Wildman–Crippen LogP) is 4.14. The molecule has 0 aliphatic heterocycles. The lowest BCUT2D eigenvalue weighted by Gasteiger charge is -1.98. The first-order valence-corrected chi connectivity index (χ1v) is 7.08. The van der Waals surface area contributed by atoms with Gasteiger partial charge >= 0.3 is 0 Å². The SMILES string of the molecule is N#Cc1ccc(N=CCC(=O)c2ccc(I)cc2)cc1. The highest BCUT2D eigenvalue weighted by molar-refractivity contribution is 14.1. The summed E-state index contributed by atoms with van der Waals surface area (Å²) in [6.07, 6.45) is 1.86. The van der Waals surface area contributed by atoms with Gasteiger partial charge in [0, 0.05) is 21.8 Å². The lowest BCUT2D eigenvalue weighted by Crippen LogP contribution is -1.99. The number of carbonyl (C=O) groups excluding carboxylic acids is 1. The molecule has 0 atom stereocenters. The van der Waals surface area contributed by atoms with Crippen molar-refractivity contribution in [2.45, 2.75) is 6.42 Å². The van der Waals surface area contributed by atoms with Crippen LogP contribution < -0.4 is 0 Å². The van der Waals surface area contributed by atoms with Crippen molar-refractivity contribution in [1.82, 2.24) is 0 Å². The Balaban J connectivity index is 1.97. The topological polar surface area (TPSA) is 53.2 Å². The van der Waals surface area contributed by atoms with Gasteiger partial charge in [-0.15, -0.1) is 0 Å². The zero-order chi connectivity index (χ0) is 14.4. The minimum absolute atomic E-state index is 0.0406. The average molecular weight is 374 g/mol. The molecule has 0 fully saturated rings. The molecule has 0 heterocycles. The van der Waals surface area contributed by atoms with Gasteiger partial charge < -0.3 is 0 Å². The van der Waals surface area contributed by atoms with Crippen LogP contribution in [0, 0.1) is 14.9 Å². The third-order valence-electron chi connectivity index (χ3n) is 2.68. The van der Waals surface area contributed by atoms with Crippen LogP contribution >= 0.6 is 22.6 Å². The van der Waals surface area contributed by atoms with Crippen molar-refractivity contribution >= 4 is 40.3 Å². The van der Waals surface area contributed by atoms with E-state index in [-0.39, 0.29) is 12.2 Å². The van der Waals surface area contributed by atoms with Crippen LogP contribution in [0.4, 0.5) is 5.69 Å². The molecule has 0 unspecified atom stereocenters. The molecular formula is C16H11IN2O. The van der Waals surface area contributed by atoms with E-state index in [2.05, 4.69) is 27.6 Å². The summed E-state index contributed by atoms with van der Waals surface area (Å²) < 4.78 is 1.10. The number of nitrogens with zero attached hydrogens (tertiary/aromatic N) is 2. The van der Waals surface area contributed by atoms with Crippen LogP contribution in [0.5, 0.6) is 0 Å². The molecule has 0 N–H and O–H groups in total. The van der Waals surface area contributed by atoms with Gasteiger partial charge in [-0.3, -0.25) is 9.79 Å². The van der Waals surface area contributed by atoms with Gasteiger partial charge in [-0.2, -0.15) is 5.26 Å². The summed E-state index contributed by atoms with van der Waals surface area (Å²) in [5, 5.41) is 8.69. The number of nitriles is 1. The second-order valence-corrected chi connectivity index (χ2v) is 5.35. The van der Waals surface area contributed by atoms with Gasteiger partial charge in [0.2, 0.25) is 0 Å². The number of rotatable bonds is 4. The fraction of sp³-hybridized carbons (Fsp3) is 0.0625. The normalized spacial score (nSPS) is 10.4. The van der Waals surface area contributed by atoms with E-state index < -0.39 is 0 Å². The largest absolute Gasteiger partial charge is 0.294 e. The highest BCUT2D eigenvalue weighted by Crippen LogP contribution is 2.13. The number of benzene rings is 2. The highest BCUT2D eigenvalue weighted by Gasteiger charge is 2.03. The number of hydrogen-bond acceptors (Lipinski definition) is 3. The molecule has 98 valence electrons. The lowest BCUT2D eigenvalue weighted by atomic mass is 10.1. The minimum Gasteiger partial charge on any atom is -0.294 e. The zero-order valence-corrected chi connectivity index (χ0v) is 12.7. The van der Waals surface area contributed by atoms with Crippen LogP contribution in [0.25, 0.3) is 0 Å². The Morgan fingerprint density at radius 3 is 2.40 bits per heavy atom. The van der Waals surface area contributed by atoms with Gasteiger partial charge in [0.1, 0.15) is 0 Å². The molecule has 0 aromatic heterocycles. The van der Waals surface area contributed by atoms with Crippen molar-refractivity contribution in [3.63, 3.8) is 0 Å². The number of carbonyl (C=O) groups is 1. The summed E-state index contributed by atoms with van der Waals surface area (Å²) in [6.45, 7) is 0. The number of halogens is 1. The fourth-order valence-electron chi connectivity index (χ4n) is 1.61. The van der Waals surface area contributed by atoms with Crippen molar-refractivity contribution in [1.29, 1.82) is 5.26 Å². The van der Waals surface area contributed by atoms with Crippen molar-refractivity contribution in [2.24, 2.45) is 4.99 Å². The number of Topliss-reactive ketones (excluding diaryl/α,β-unsaturated/α-hetero) is 1. The van der Waals surface area contributed by atoms with E-state index in [1.54, 1.807) is 30.5 Å². The van der Waals surface area contributed by atoms with Crippen molar-refractivity contribution < 1.29 is 4.79 Å². The van der Waals surface area contributed by atoms with E-state index in [0.717, 1.165) is 9.26 Å². The first-order chi connectivity index (χ1) is 9.69. The molecule has 0 spiro atoms. The second-order valence-electron chi connectivity index (χ2n) is 4.10. The third-order valence-corrected chi connectivity index (χ3v) is 3.40. The standard InChI is InChI=1S/C16H11IN2O/c17-14-5-3-13(4-6-14)16(20)9-10-19-15-7-1-12(11-18)2-8-15/h1-8,10H,9H2. The number of ketones is 1. The average Bonchev–Trinajstić information content (AvgIpc) is 2.48. The molecule has 20 heavy (non-hydrogen) atoms. The molecule has 0 saturated heterocycles. The molecule has 0 radical (unpaired) electrons. The predicted molar refractivity (Wildman–Crippen MR) is 87.4 cm³/mol. The van der Waals surface area contributed by atoms with E-state index >= 15 is 0 Å². The van der Waals surface area contributed by atoms with E-state index in [1.807, 2.05) is 30.3 Å². The number of aliphatic imine (C=N–C) groups is 1. The molecule has 2 aromatic carbocycles. The molecule has 0 aliphatic carbocycles. The van der Waals surface area contributed by atoms with Gasteiger partial charge in [0.25, 0.3) is 0 Å². The van der Waals surface area contributed by atoms with Crippen molar-refractivity contribution in [3.8, 4) is 6.07 Å². The van der Waals surface area contributed by atoms with Crippen LogP contribution in [0.2, 0.25) is 0 Å². The molecule has 2 aromatic rings. The summed E-state index contributed by atoms with van der Waals surface area (Å²) in [6, 6.07) is 16.4. The fourth-order valence-corrected chi connectivity index (χ4v) is 1.97. The Kier molecular flexibility index (Phi) is 5.02. The maximum atomic E-state index is 11.9. The van der Waals surface area contributed by atoms with E-state index in [0.29, 0.717) is 11.1 Å². The highest BCUT2D eigenvalue weighted by atomic mass is 127. The Labute approximate surface area is 131 Å². The molecule has 0 bridgehead atoms. The lowest BCUT2D eigenvalue weighted by molar-refractivity contribution is 0.100. The third kappa shape index (κ3) is 4.00. The van der Waals surface area contributed by atoms with Gasteiger partial charge in [-0.05, 0) is 59.0 Å². The summed E-state index contributed by atoms with van der Waals surface area (Å²) in [5.74, 6) is 0.0406. The molecule has 0 amide bonds. The van der Waals surface area contributed by atoms with Gasteiger partial charge in [0.15, 0.2) is 5.78 Å². The van der Waals surface area contributed by atoms with Crippen LogP contribution in [0.3, 0.4) is 0 Å². The van der Waals surface area contributed by atoms with E-state index in [1.165, 1.54) is 0 Å². The zero-order valence-electron chi connectivity index (χ0n) is 10.6. The molecule has 2 rings (SSSR count). The molecule has 3 nitrogen and oxygen atoms in total. The van der Waals surface area contributed by atoms with E-state index in [4.69, 9.17) is 5.26 Å². The molecule has 4 heteroatoms. The second kappa shape index (κ2) is 6.96. The first kappa shape index (κ1) is 14.4. The van der Waals surface area contributed by atoms with E-state index in [9.17, 15) is 4.79 Å². The van der Waals surface area contributed by atoms with Gasteiger partial charge in [0.05, 0.1) is 17.3 Å². The Bertz CT molecular complexity index is 667. The maximum absolute atomic E-state index is 11.9. The van der Waals surface area contributed by atoms with Crippen LogP contribution in [-0.4, -0.2) is 12.0 Å². The molecular weight excluding hydrogens is 363 g/mol. The summed E-state index contributed by atoms with van der Waals surface area (Å²) in [5.41, 5.74) is 2.02. The maximum Gasteiger partial charge on any atom is 0.168 e. The van der Waals surface area contributed by atoms with Crippen molar-refractivity contribution in [2.75, 3.05) is 0 Å². The quantitative estimate of drug-likeness (QED) is 0.459. The smallest absolute Gasteiger partial charge is 0.168 e. The Hall–Kier alpha value is -2.00. The van der Waals surface area contributed by atoms with Crippen LogP contribution in [-0.2, 0) is 0 Å². The Morgan fingerprint density at radius 1 is 1.15 bits per heavy atom. The summed E-state index contributed by atoms with van der Waals surface area (Å²) in [7, 11) is 0. The first-order valence-electron chi connectivity index (χ1n) is 6.00. The minimum atomic E-state index is 0.0406. The monoisotopic (exact) mass is 374 g/mol.